The zero-order valence-electron chi connectivity index (χ0n) is 13.5. The Morgan fingerprint density at radius 2 is 1.78 bits per heavy atom. The van der Waals surface area contributed by atoms with Gasteiger partial charge in [-0.15, -0.1) is 0 Å². The number of nitrogens with zero attached hydrogens (tertiary/aromatic N) is 1. The van der Waals surface area contributed by atoms with E-state index in [1.807, 2.05) is 37.3 Å². The van der Waals surface area contributed by atoms with Gasteiger partial charge in [0.05, 0.1) is 37.6 Å². The van der Waals surface area contributed by atoms with Crippen LogP contribution in [0.25, 0.3) is 10.8 Å². The lowest BCUT2D eigenvalue weighted by Crippen LogP contribution is -3.14. The van der Waals surface area contributed by atoms with Crippen LogP contribution in [-0.2, 0) is 10.0 Å². The highest BCUT2D eigenvalue weighted by Crippen LogP contribution is 2.21. The number of benzene rings is 2. The van der Waals surface area contributed by atoms with Crippen molar-refractivity contribution in [1.29, 1.82) is 0 Å². The molecule has 0 unspecified atom stereocenters. The molecule has 0 bridgehead atoms. The molecule has 1 aliphatic heterocycles. The van der Waals surface area contributed by atoms with Crippen molar-refractivity contribution >= 4 is 20.8 Å². The van der Waals surface area contributed by atoms with Crippen LogP contribution in [-0.4, -0.2) is 45.4 Å². The fraction of sp³-hybridized carbons (Fsp3) is 0.333. The maximum absolute atomic E-state index is 12.9. The first-order valence-corrected chi connectivity index (χ1v) is 9.38. The summed E-state index contributed by atoms with van der Waals surface area (Å²) in [4.78, 5) is 1.79. The number of nitrogens with one attached hydrogen (secondary N) is 1. The number of piperazine rings is 1. The van der Waals surface area contributed by atoms with Gasteiger partial charge in [0.25, 0.3) is 0 Å². The fourth-order valence-electron chi connectivity index (χ4n) is 3.12. The average molecular weight is 331 g/mol. The lowest BCUT2D eigenvalue weighted by Gasteiger charge is -2.31. The Bertz CT molecular complexity index is 822. The second-order valence-corrected chi connectivity index (χ2v) is 8.23. The van der Waals surface area contributed by atoms with Crippen LogP contribution in [0.4, 0.5) is 0 Å². The molecule has 1 heterocycles. The summed E-state index contributed by atoms with van der Waals surface area (Å²) in [5.41, 5.74) is 1.14. The molecule has 1 fully saturated rings. The summed E-state index contributed by atoms with van der Waals surface area (Å²) in [5.74, 6) is 0. The van der Waals surface area contributed by atoms with E-state index in [4.69, 9.17) is 0 Å². The van der Waals surface area contributed by atoms with Crippen LogP contribution < -0.4 is 4.90 Å². The molecule has 0 aliphatic carbocycles. The first kappa shape index (κ1) is 16.2. The van der Waals surface area contributed by atoms with E-state index in [-0.39, 0.29) is 0 Å². The normalized spacial score (nSPS) is 17.4. The largest absolute Gasteiger partial charge is 0.329 e. The van der Waals surface area contributed by atoms with E-state index in [2.05, 4.69) is 6.58 Å². The highest BCUT2D eigenvalue weighted by molar-refractivity contribution is 7.89. The second kappa shape index (κ2) is 6.43. The van der Waals surface area contributed by atoms with E-state index in [1.165, 1.54) is 4.90 Å². The number of quaternary nitrogens is 1. The molecular formula is C18H23N2O2S+. The van der Waals surface area contributed by atoms with E-state index in [1.54, 1.807) is 16.4 Å². The van der Waals surface area contributed by atoms with Crippen LogP contribution in [0.1, 0.15) is 6.92 Å². The smallest absolute Gasteiger partial charge is 0.243 e. The molecule has 0 atom stereocenters. The van der Waals surface area contributed by atoms with E-state index < -0.39 is 10.0 Å². The molecular weight excluding hydrogens is 308 g/mol. The lowest BCUT2D eigenvalue weighted by molar-refractivity contribution is -0.898. The molecule has 3 rings (SSSR count). The SMILES string of the molecule is C=C(C)C[NH+]1CCN(S(=O)(=O)c2ccc3ccccc3c2)CC1. The molecule has 0 saturated carbocycles. The maximum Gasteiger partial charge on any atom is 0.243 e. The summed E-state index contributed by atoms with van der Waals surface area (Å²) in [7, 11) is -3.41. The monoisotopic (exact) mass is 331 g/mol. The molecule has 0 spiro atoms. The summed E-state index contributed by atoms with van der Waals surface area (Å²) >= 11 is 0. The van der Waals surface area contributed by atoms with Crippen molar-refractivity contribution in [3.8, 4) is 0 Å². The Hall–Kier alpha value is -1.69. The molecule has 23 heavy (non-hydrogen) atoms. The van der Waals surface area contributed by atoms with Crippen LogP contribution in [0.15, 0.2) is 59.5 Å². The van der Waals surface area contributed by atoms with Crippen molar-refractivity contribution in [3.05, 3.63) is 54.6 Å². The van der Waals surface area contributed by atoms with Gasteiger partial charge in [0, 0.05) is 0 Å². The Labute approximate surface area is 138 Å². The molecule has 1 saturated heterocycles. The van der Waals surface area contributed by atoms with Crippen LogP contribution in [0.2, 0.25) is 0 Å². The van der Waals surface area contributed by atoms with Crippen LogP contribution in [0.5, 0.6) is 0 Å². The summed E-state index contributed by atoms with van der Waals surface area (Å²) in [6.45, 7) is 9.68. The minimum Gasteiger partial charge on any atom is -0.329 e. The number of rotatable bonds is 4. The van der Waals surface area contributed by atoms with E-state index in [0.717, 1.165) is 36.0 Å². The van der Waals surface area contributed by atoms with Gasteiger partial charge < -0.3 is 4.90 Å². The van der Waals surface area contributed by atoms with Gasteiger partial charge in [0.1, 0.15) is 0 Å². The Morgan fingerprint density at radius 3 is 2.43 bits per heavy atom. The van der Waals surface area contributed by atoms with Crippen molar-refractivity contribution in [1.82, 2.24) is 4.31 Å². The van der Waals surface area contributed by atoms with Crippen molar-refractivity contribution in [2.75, 3.05) is 32.7 Å². The number of sulfonamides is 1. The molecule has 2 aromatic rings. The minimum absolute atomic E-state index is 0.388. The third-order valence-corrected chi connectivity index (χ3v) is 6.23. The van der Waals surface area contributed by atoms with Gasteiger partial charge in [-0.1, -0.05) is 36.9 Å². The summed E-state index contributed by atoms with van der Waals surface area (Å²) < 4.78 is 27.3. The zero-order valence-corrected chi connectivity index (χ0v) is 14.3. The van der Waals surface area contributed by atoms with E-state index in [9.17, 15) is 8.42 Å². The summed E-state index contributed by atoms with van der Waals surface area (Å²) in [6, 6.07) is 13.2. The zero-order chi connectivity index (χ0) is 16.4. The molecule has 0 aromatic heterocycles. The van der Waals surface area contributed by atoms with Crippen LogP contribution in [0.3, 0.4) is 0 Å². The highest BCUT2D eigenvalue weighted by atomic mass is 32.2. The molecule has 0 radical (unpaired) electrons. The van der Waals surface area contributed by atoms with Gasteiger partial charge in [-0.05, 0) is 35.4 Å². The van der Waals surface area contributed by atoms with Crippen molar-refractivity contribution < 1.29 is 13.3 Å². The molecule has 1 N–H and O–H groups in total. The van der Waals surface area contributed by atoms with E-state index >= 15 is 0 Å². The van der Waals surface area contributed by atoms with Gasteiger partial charge in [-0.25, -0.2) is 8.42 Å². The Balaban J connectivity index is 1.79. The minimum atomic E-state index is -3.41. The van der Waals surface area contributed by atoms with Gasteiger partial charge in [-0.3, -0.25) is 0 Å². The average Bonchev–Trinajstić information content (AvgIpc) is 2.54. The number of hydrogen-bond acceptors (Lipinski definition) is 2. The molecule has 0 amide bonds. The molecule has 1 aliphatic rings. The first-order valence-electron chi connectivity index (χ1n) is 7.94. The standard InChI is InChI=1S/C18H22N2O2S/c1-15(2)14-19-9-11-20(12-10-19)23(21,22)18-8-7-16-5-3-4-6-17(16)13-18/h3-8,13H,1,9-12,14H2,2H3/p+1. The quantitative estimate of drug-likeness (QED) is 0.858. The summed E-state index contributed by atoms with van der Waals surface area (Å²) in [5, 5.41) is 2.02. The predicted octanol–water partition coefficient (Wildman–Crippen LogP) is 1.31. The van der Waals surface area contributed by atoms with Gasteiger partial charge in [0.15, 0.2) is 0 Å². The third kappa shape index (κ3) is 3.47. The number of hydrogen-bond donors (Lipinski definition) is 1. The fourth-order valence-corrected chi connectivity index (χ4v) is 4.60. The van der Waals surface area contributed by atoms with Gasteiger partial charge >= 0.3 is 0 Å². The maximum atomic E-state index is 12.9. The van der Waals surface area contributed by atoms with Crippen molar-refractivity contribution in [2.45, 2.75) is 11.8 Å². The van der Waals surface area contributed by atoms with Crippen molar-refractivity contribution in [3.63, 3.8) is 0 Å². The molecule has 122 valence electrons. The van der Waals surface area contributed by atoms with Crippen LogP contribution in [0, 0.1) is 0 Å². The topological polar surface area (TPSA) is 41.8 Å². The summed E-state index contributed by atoms with van der Waals surface area (Å²) in [6.07, 6.45) is 0. The third-order valence-electron chi connectivity index (χ3n) is 4.34. The first-order chi connectivity index (χ1) is 11.0. The van der Waals surface area contributed by atoms with E-state index in [0.29, 0.717) is 18.0 Å². The van der Waals surface area contributed by atoms with Crippen LogP contribution >= 0.6 is 0 Å². The second-order valence-electron chi connectivity index (χ2n) is 6.30. The Kier molecular flexibility index (Phi) is 4.53. The van der Waals surface area contributed by atoms with Crippen molar-refractivity contribution in [2.24, 2.45) is 0 Å². The molecule has 2 aromatic carbocycles. The predicted molar refractivity (Wildman–Crippen MR) is 93.1 cm³/mol. The van der Waals surface area contributed by atoms with Gasteiger partial charge in [0.2, 0.25) is 10.0 Å². The highest BCUT2D eigenvalue weighted by Gasteiger charge is 2.30. The molecule has 4 nitrogen and oxygen atoms in total. The van der Waals surface area contributed by atoms with Gasteiger partial charge in [-0.2, -0.15) is 4.31 Å². The molecule has 5 heteroatoms. The Morgan fingerprint density at radius 1 is 1.13 bits per heavy atom. The lowest BCUT2D eigenvalue weighted by atomic mass is 10.1. The number of fused-ring (bicyclic) bond motifs is 1.